The molecule has 0 aliphatic rings. The van der Waals surface area contributed by atoms with Crippen molar-refractivity contribution >= 4 is 13.7 Å². The molecule has 0 aliphatic heterocycles. The molecule has 0 aromatic carbocycles. The Bertz CT molecular complexity index is 1080. The second-order valence-electron chi connectivity index (χ2n) is 13.1. The number of hydrogen-bond donors (Lipinski definition) is 4. The van der Waals surface area contributed by atoms with Crippen LogP contribution in [0.25, 0.3) is 0 Å². The first kappa shape index (κ1) is 49.7. The monoisotopic (exact) mass is 747 g/mol. The first-order chi connectivity index (χ1) is 25.4. The van der Waals surface area contributed by atoms with E-state index in [9.17, 15) is 19.4 Å². The zero-order valence-corrected chi connectivity index (χ0v) is 33.7. The van der Waals surface area contributed by atoms with Crippen LogP contribution in [0, 0.1) is 0 Å². The highest BCUT2D eigenvalue weighted by Crippen LogP contribution is 2.43. The third-order valence-corrected chi connectivity index (χ3v) is 9.18. The van der Waals surface area contributed by atoms with Crippen molar-refractivity contribution in [2.45, 2.75) is 161 Å². The van der Waals surface area contributed by atoms with Crippen molar-refractivity contribution in [1.29, 1.82) is 0 Å². The maximum Gasteiger partial charge on any atom is 0.472 e. The predicted molar refractivity (Wildman–Crippen MR) is 221 cm³/mol. The standard InChI is InChI=1S/C43H75N2O6P/c1-3-5-7-9-11-13-15-16-17-18-19-20-21-22-23-24-25-26-27-29-31-33-35-37-43(47)45-41(40-51-52(48,49)50-39-38-44)42(46)36-34-32-30-28-14-12-10-8-6-4-2/h5-8,11,13-14,16-17,19-20,28,34,36,41-42,46H,3-4,9-10,12,15,18,21-27,29-33,35,37-40,44H2,1-2H3,(H,45,47)(H,48,49)/b7-5-,8-6+,13-11-,17-16-,20-19-,28-14+,36-34+. The molecule has 0 fully saturated rings. The smallest absolute Gasteiger partial charge is 0.387 e. The number of nitrogens with one attached hydrogen (secondary N) is 1. The minimum absolute atomic E-state index is 0.0666. The van der Waals surface area contributed by atoms with Gasteiger partial charge in [-0.05, 0) is 77.0 Å². The van der Waals surface area contributed by atoms with E-state index < -0.39 is 20.0 Å². The molecular formula is C43H75N2O6P. The molecule has 9 heteroatoms. The molecule has 298 valence electrons. The fourth-order valence-corrected chi connectivity index (χ4v) is 5.98. The van der Waals surface area contributed by atoms with Gasteiger partial charge in [-0.15, -0.1) is 0 Å². The zero-order chi connectivity index (χ0) is 38.2. The molecule has 8 nitrogen and oxygen atoms in total. The lowest BCUT2D eigenvalue weighted by molar-refractivity contribution is -0.123. The van der Waals surface area contributed by atoms with E-state index in [2.05, 4.69) is 92.1 Å². The number of aliphatic hydroxyl groups excluding tert-OH is 1. The van der Waals surface area contributed by atoms with E-state index in [1.807, 2.05) is 6.08 Å². The number of nitrogens with two attached hydrogens (primary N) is 1. The third kappa shape index (κ3) is 36.1. The quantitative estimate of drug-likeness (QED) is 0.0285. The summed E-state index contributed by atoms with van der Waals surface area (Å²) in [6.07, 6.45) is 50.8. The van der Waals surface area contributed by atoms with E-state index in [1.165, 1.54) is 44.9 Å². The van der Waals surface area contributed by atoms with E-state index in [4.69, 9.17) is 14.8 Å². The molecule has 0 saturated heterocycles. The molecule has 5 N–H and O–H groups in total. The second-order valence-corrected chi connectivity index (χ2v) is 14.5. The van der Waals surface area contributed by atoms with Gasteiger partial charge in [-0.1, -0.05) is 150 Å². The van der Waals surface area contributed by atoms with E-state index in [-0.39, 0.29) is 25.7 Å². The van der Waals surface area contributed by atoms with Crippen LogP contribution >= 0.6 is 7.82 Å². The Kier molecular flexibility index (Phi) is 36.7. The van der Waals surface area contributed by atoms with Gasteiger partial charge in [-0.25, -0.2) is 4.57 Å². The highest BCUT2D eigenvalue weighted by molar-refractivity contribution is 7.47. The highest BCUT2D eigenvalue weighted by atomic mass is 31.2. The Labute approximate surface area is 318 Å². The number of allylic oxidation sites excluding steroid dienone is 13. The fourth-order valence-electron chi connectivity index (χ4n) is 5.22. The molecule has 1 amide bonds. The topological polar surface area (TPSA) is 131 Å². The minimum Gasteiger partial charge on any atom is -0.387 e. The van der Waals surface area contributed by atoms with Gasteiger partial charge in [0.2, 0.25) is 5.91 Å². The van der Waals surface area contributed by atoms with Gasteiger partial charge in [0.05, 0.1) is 25.4 Å². The molecule has 52 heavy (non-hydrogen) atoms. The number of hydrogen-bond acceptors (Lipinski definition) is 6. The Morgan fingerprint density at radius 2 is 1.08 bits per heavy atom. The van der Waals surface area contributed by atoms with E-state index in [0.29, 0.717) is 6.42 Å². The average molecular weight is 747 g/mol. The fraction of sp³-hybridized carbons (Fsp3) is 0.651. The van der Waals surface area contributed by atoms with Crippen LogP contribution in [0.4, 0.5) is 0 Å². The molecule has 0 aromatic rings. The van der Waals surface area contributed by atoms with Gasteiger partial charge in [0.25, 0.3) is 0 Å². The number of phosphoric acid groups is 1. The normalized spacial score (nSPS) is 15.1. The van der Waals surface area contributed by atoms with Crippen molar-refractivity contribution in [3.8, 4) is 0 Å². The molecule has 0 aromatic heterocycles. The van der Waals surface area contributed by atoms with Crippen LogP contribution in [0.3, 0.4) is 0 Å². The lowest BCUT2D eigenvalue weighted by atomic mass is 10.0. The molecule has 0 rings (SSSR count). The summed E-state index contributed by atoms with van der Waals surface area (Å²) in [4.78, 5) is 22.6. The van der Waals surface area contributed by atoms with E-state index >= 15 is 0 Å². The van der Waals surface area contributed by atoms with Crippen molar-refractivity contribution in [1.82, 2.24) is 5.32 Å². The van der Waals surface area contributed by atoms with Crippen molar-refractivity contribution < 1.29 is 28.4 Å². The van der Waals surface area contributed by atoms with E-state index in [1.54, 1.807) is 6.08 Å². The number of carbonyl (C=O) groups is 1. The summed E-state index contributed by atoms with van der Waals surface area (Å²) >= 11 is 0. The lowest BCUT2D eigenvalue weighted by Crippen LogP contribution is -2.45. The SMILES string of the molecule is CC/C=C\C/C=C\C/C=C\C/C=C\CCCCCCCCCCCCC(=O)NC(COP(=O)(O)OCCN)C(O)/C=C/CC/C=C/CC/C=C/CC. The largest absolute Gasteiger partial charge is 0.472 e. The predicted octanol–water partition coefficient (Wildman–Crippen LogP) is 11.0. The van der Waals surface area contributed by atoms with E-state index in [0.717, 1.165) is 83.5 Å². The molecule has 0 heterocycles. The number of aliphatic hydroxyl groups is 1. The average Bonchev–Trinajstić information content (AvgIpc) is 3.13. The highest BCUT2D eigenvalue weighted by Gasteiger charge is 2.26. The minimum atomic E-state index is -4.35. The maximum absolute atomic E-state index is 12.7. The number of amides is 1. The lowest BCUT2D eigenvalue weighted by Gasteiger charge is -2.23. The van der Waals surface area contributed by atoms with Crippen LogP contribution in [0.5, 0.6) is 0 Å². The van der Waals surface area contributed by atoms with Crippen molar-refractivity contribution in [3.05, 3.63) is 85.1 Å². The van der Waals surface area contributed by atoms with Gasteiger partial charge in [0.1, 0.15) is 0 Å². The number of rotatable bonds is 36. The molecule has 0 radical (unpaired) electrons. The molecule has 0 bridgehead atoms. The van der Waals surface area contributed by atoms with Crippen molar-refractivity contribution in [2.24, 2.45) is 5.73 Å². The van der Waals surface area contributed by atoms with Crippen LogP contribution in [0.15, 0.2) is 85.1 Å². The summed E-state index contributed by atoms with van der Waals surface area (Å²) in [5.74, 6) is -0.220. The molecule has 0 spiro atoms. The van der Waals surface area contributed by atoms with Gasteiger partial charge < -0.3 is 21.1 Å². The van der Waals surface area contributed by atoms with Gasteiger partial charge in [-0.3, -0.25) is 13.8 Å². The van der Waals surface area contributed by atoms with Gasteiger partial charge in [0, 0.05) is 13.0 Å². The molecular weight excluding hydrogens is 671 g/mol. The van der Waals surface area contributed by atoms with Crippen LogP contribution in [-0.2, 0) is 18.4 Å². The van der Waals surface area contributed by atoms with Gasteiger partial charge in [0.15, 0.2) is 0 Å². The van der Waals surface area contributed by atoms with Crippen molar-refractivity contribution in [2.75, 3.05) is 19.8 Å². The summed E-state index contributed by atoms with van der Waals surface area (Å²) in [7, 11) is -4.35. The zero-order valence-electron chi connectivity index (χ0n) is 32.8. The van der Waals surface area contributed by atoms with Crippen LogP contribution < -0.4 is 11.1 Å². The number of phosphoric ester groups is 1. The third-order valence-electron chi connectivity index (χ3n) is 8.19. The Hall–Kier alpha value is -2.32. The van der Waals surface area contributed by atoms with Gasteiger partial charge >= 0.3 is 7.82 Å². The Balaban J connectivity index is 4.17. The Morgan fingerprint density at radius 1 is 0.635 bits per heavy atom. The first-order valence-electron chi connectivity index (χ1n) is 20.2. The number of carbonyl (C=O) groups excluding carboxylic acids is 1. The maximum atomic E-state index is 12.7. The number of unbranched alkanes of at least 4 members (excludes halogenated alkanes) is 12. The molecule has 0 aliphatic carbocycles. The summed E-state index contributed by atoms with van der Waals surface area (Å²) in [5.41, 5.74) is 5.35. The second kappa shape index (κ2) is 38.4. The summed E-state index contributed by atoms with van der Waals surface area (Å²) in [5, 5.41) is 13.6. The van der Waals surface area contributed by atoms with Crippen LogP contribution in [0.2, 0.25) is 0 Å². The molecule has 3 unspecified atom stereocenters. The Morgan fingerprint density at radius 3 is 1.63 bits per heavy atom. The summed E-state index contributed by atoms with van der Waals surface area (Å²) in [6, 6.07) is -0.888. The summed E-state index contributed by atoms with van der Waals surface area (Å²) in [6.45, 7) is 3.84. The van der Waals surface area contributed by atoms with Crippen LogP contribution in [-0.4, -0.2) is 47.8 Å². The van der Waals surface area contributed by atoms with Crippen molar-refractivity contribution in [3.63, 3.8) is 0 Å². The van der Waals surface area contributed by atoms with Crippen LogP contribution in [0.1, 0.15) is 149 Å². The molecule has 3 atom stereocenters. The molecule has 0 saturated carbocycles. The van der Waals surface area contributed by atoms with Gasteiger partial charge in [-0.2, -0.15) is 0 Å². The summed E-state index contributed by atoms with van der Waals surface area (Å²) < 4.78 is 22.0. The first-order valence-corrected chi connectivity index (χ1v) is 21.7.